The number of hydrogen-bond acceptors (Lipinski definition) is 3. The van der Waals surface area contributed by atoms with E-state index in [9.17, 15) is 9.59 Å². The Morgan fingerprint density at radius 3 is 1.84 bits per heavy atom. The third-order valence-electron chi connectivity index (χ3n) is 6.12. The first-order valence-corrected chi connectivity index (χ1v) is 12.0. The molecule has 0 atom stereocenters. The second kappa shape index (κ2) is 15.6. The van der Waals surface area contributed by atoms with Gasteiger partial charge in [-0.05, 0) is 43.5 Å². The van der Waals surface area contributed by atoms with Crippen LogP contribution in [0.25, 0.3) is 0 Å². The molecule has 32 heavy (non-hydrogen) atoms. The van der Waals surface area contributed by atoms with Gasteiger partial charge >= 0.3 is 0 Å². The maximum absolute atomic E-state index is 12.7. The maximum atomic E-state index is 12.7. The van der Waals surface area contributed by atoms with Gasteiger partial charge in [0.15, 0.2) is 0 Å². The van der Waals surface area contributed by atoms with E-state index in [0.29, 0.717) is 11.1 Å². The van der Waals surface area contributed by atoms with Crippen LogP contribution >= 0.6 is 12.4 Å². The number of Topliss-reactive ketones (excluding diaryl/α,β-unsaturated/α-hetero) is 2. The van der Waals surface area contributed by atoms with Crippen molar-refractivity contribution < 1.29 is 9.59 Å². The summed E-state index contributed by atoms with van der Waals surface area (Å²) >= 11 is 0. The zero-order valence-electron chi connectivity index (χ0n) is 20.0. The number of benzene rings is 2. The Labute approximate surface area is 200 Å². The summed E-state index contributed by atoms with van der Waals surface area (Å²) in [6.45, 7) is 7.14. The molecule has 0 unspecified atom stereocenters. The molecule has 0 fully saturated rings. The Morgan fingerprint density at radius 2 is 1.25 bits per heavy atom. The number of rotatable bonds is 15. The highest BCUT2D eigenvalue weighted by Crippen LogP contribution is 2.24. The number of ketones is 2. The van der Waals surface area contributed by atoms with Crippen LogP contribution in [0.15, 0.2) is 42.5 Å². The van der Waals surface area contributed by atoms with Gasteiger partial charge in [0.2, 0.25) is 11.6 Å². The predicted octanol–water partition coefficient (Wildman–Crippen LogP) is 8.12. The largest absolute Gasteiger partial charge is 0.385 e. The smallest absolute Gasteiger partial charge is 0.233 e. The van der Waals surface area contributed by atoms with Crippen LogP contribution in [0.1, 0.15) is 103 Å². The zero-order chi connectivity index (χ0) is 22.5. The molecule has 176 valence electrons. The summed E-state index contributed by atoms with van der Waals surface area (Å²) in [5, 5.41) is 3.51. The van der Waals surface area contributed by atoms with Crippen molar-refractivity contribution in [3.05, 3.63) is 64.7 Å². The van der Waals surface area contributed by atoms with Crippen molar-refractivity contribution in [2.45, 2.75) is 85.0 Å². The van der Waals surface area contributed by atoms with E-state index >= 15 is 0 Å². The predicted molar refractivity (Wildman–Crippen MR) is 139 cm³/mol. The molecule has 1 N–H and O–H groups in total. The van der Waals surface area contributed by atoms with E-state index < -0.39 is 11.6 Å². The summed E-state index contributed by atoms with van der Waals surface area (Å²) in [4.78, 5) is 25.2. The van der Waals surface area contributed by atoms with Crippen molar-refractivity contribution in [1.29, 1.82) is 0 Å². The highest BCUT2D eigenvalue weighted by atomic mass is 35.5. The average molecular weight is 458 g/mol. The summed E-state index contributed by atoms with van der Waals surface area (Å²) in [5.74, 6) is -0.887. The van der Waals surface area contributed by atoms with Crippen molar-refractivity contribution in [2.75, 3.05) is 11.9 Å². The number of halogens is 1. The van der Waals surface area contributed by atoms with E-state index in [2.05, 4.69) is 12.2 Å². The molecule has 0 amide bonds. The third kappa shape index (κ3) is 8.78. The van der Waals surface area contributed by atoms with Crippen molar-refractivity contribution in [2.24, 2.45) is 0 Å². The molecule has 3 nitrogen and oxygen atoms in total. The molecule has 0 saturated carbocycles. The third-order valence-corrected chi connectivity index (χ3v) is 6.12. The minimum atomic E-state index is -0.450. The number of unbranched alkanes of at least 4 members (excludes halogenated alkanes) is 9. The molecule has 0 aliphatic heterocycles. The fourth-order valence-electron chi connectivity index (χ4n) is 3.94. The van der Waals surface area contributed by atoms with Gasteiger partial charge in [-0.1, -0.05) is 95.0 Å². The van der Waals surface area contributed by atoms with Crippen LogP contribution < -0.4 is 5.32 Å². The van der Waals surface area contributed by atoms with Crippen LogP contribution in [0, 0.1) is 13.8 Å². The van der Waals surface area contributed by atoms with E-state index in [4.69, 9.17) is 0 Å². The lowest BCUT2D eigenvalue weighted by Gasteiger charge is -2.14. The van der Waals surface area contributed by atoms with E-state index in [1.54, 1.807) is 30.3 Å². The molecular formula is C28H40ClNO2. The fraction of sp³-hybridized carbons (Fsp3) is 0.500. The van der Waals surface area contributed by atoms with Gasteiger partial charge < -0.3 is 5.32 Å². The average Bonchev–Trinajstić information content (AvgIpc) is 2.80. The number of hydrogen-bond donors (Lipinski definition) is 1. The van der Waals surface area contributed by atoms with E-state index in [-0.39, 0.29) is 12.4 Å². The lowest BCUT2D eigenvalue weighted by molar-refractivity contribution is 0.0816. The number of carbonyl (C=O) groups is 2. The van der Waals surface area contributed by atoms with Crippen LogP contribution in [0.4, 0.5) is 5.69 Å². The van der Waals surface area contributed by atoms with E-state index in [1.807, 2.05) is 26.0 Å². The molecule has 0 radical (unpaired) electrons. The molecular weight excluding hydrogens is 418 g/mol. The fourth-order valence-corrected chi connectivity index (χ4v) is 3.94. The summed E-state index contributed by atoms with van der Waals surface area (Å²) in [6.07, 6.45) is 13.3. The molecule has 0 aliphatic rings. The Hall–Kier alpha value is -2.13. The van der Waals surface area contributed by atoms with Gasteiger partial charge in [-0.25, -0.2) is 0 Å². The molecule has 0 spiro atoms. The van der Waals surface area contributed by atoms with Gasteiger partial charge in [0, 0.05) is 23.4 Å². The van der Waals surface area contributed by atoms with Crippen LogP contribution in [-0.2, 0) is 0 Å². The Bertz CT molecular complexity index is 833. The van der Waals surface area contributed by atoms with Gasteiger partial charge in [-0.15, -0.1) is 12.4 Å². The van der Waals surface area contributed by atoms with Crippen LogP contribution in [-0.4, -0.2) is 18.1 Å². The number of anilines is 1. The highest BCUT2D eigenvalue weighted by Gasteiger charge is 2.21. The van der Waals surface area contributed by atoms with Gasteiger partial charge in [-0.3, -0.25) is 9.59 Å². The Kier molecular flexibility index (Phi) is 13.6. The second-order valence-corrected chi connectivity index (χ2v) is 8.54. The first-order chi connectivity index (χ1) is 15.1. The van der Waals surface area contributed by atoms with E-state index in [0.717, 1.165) is 29.8 Å². The summed E-state index contributed by atoms with van der Waals surface area (Å²) in [7, 11) is 0. The quantitative estimate of drug-likeness (QED) is 0.167. The molecule has 2 aromatic carbocycles. The molecule has 0 bridgehead atoms. The topological polar surface area (TPSA) is 46.2 Å². The number of nitrogens with one attached hydrogen (secondary N) is 1. The normalized spacial score (nSPS) is 10.5. The molecule has 2 aromatic rings. The zero-order valence-corrected chi connectivity index (χ0v) is 20.9. The van der Waals surface area contributed by atoms with E-state index in [1.165, 1.54) is 57.8 Å². The summed E-state index contributed by atoms with van der Waals surface area (Å²) in [5.41, 5.74) is 3.90. The molecule has 0 heterocycles. The van der Waals surface area contributed by atoms with Crippen LogP contribution in [0.3, 0.4) is 0 Å². The second-order valence-electron chi connectivity index (χ2n) is 8.54. The lowest BCUT2D eigenvalue weighted by atomic mass is 9.94. The first kappa shape index (κ1) is 27.9. The van der Waals surface area contributed by atoms with Crippen LogP contribution in [0.5, 0.6) is 0 Å². The molecule has 0 aromatic heterocycles. The summed E-state index contributed by atoms with van der Waals surface area (Å²) in [6, 6.07) is 12.5. The van der Waals surface area contributed by atoms with Crippen molar-refractivity contribution in [3.8, 4) is 0 Å². The summed E-state index contributed by atoms with van der Waals surface area (Å²) < 4.78 is 0. The number of carbonyl (C=O) groups excluding carboxylic acids is 2. The molecule has 2 rings (SSSR count). The minimum absolute atomic E-state index is 0. The molecule has 4 heteroatoms. The van der Waals surface area contributed by atoms with Crippen molar-refractivity contribution >= 4 is 29.7 Å². The standard InChI is InChI=1S/C28H39NO2.ClH/c1-4-5-6-7-8-9-10-11-12-16-21-29-26-20-19-25(22(2)23(26)3)28(31)27(30)24-17-14-13-15-18-24;/h13-15,17-20,29H,4-12,16,21H2,1-3H3;1H. The monoisotopic (exact) mass is 457 g/mol. The Morgan fingerprint density at radius 1 is 0.688 bits per heavy atom. The maximum Gasteiger partial charge on any atom is 0.233 e. The SMILES string of the molecule is CCCCCCCCCCCCNc1ccc(C(=O)C(=O)c2ccccc2)c(C)c1C.Cl. The Balaban J connectivity index is 0.00000512. The van der Waals surface area contributed by atoms with Crippen molar-refractivity contribution in [3.63, 3.8) is 0 Å². The first-order valence-electron chi connectivity index (χ1n) is 12.0. The lowest BCUT2D eigenvalue weighted by Crippen LogP contribution is -2.16. The highest BCUT2D eigenvalue weighted by molar-refractivity contribution is 6.49. The molecule has 0 aliphatic carbocycles. The van der Waals surface area contributed by atoms with Gasteiger partial charge in [0.25, 0.3) is 0 Å². The van der Waals surface area contributed by atoms with Gasteiger partial charge in [-0.2, -0.15) is 0 Å². The van der Waals surface area contributed by atoms with Crippen molar-refractivity contribution in [1.82, 2.24) is 0 Å². The molecule has 0 saturated heterocycles. The van der Waals surface area contributed by atoms with Crippen LogP contribution in [0.2, 0.25) is 0 Å². The minimum Gasteiger partial charge on any atom is -0.385 e. The van der Waals surface area contributed by atoms with Gasteiger partial charge in [0.1, 0.15) is 0 Å². The van der Waals surface area contributed by atoms with Gasteiger partial charge in [0.05, 0.1) is 0 Å².